The molecule has 1 aromatic carbocycles. The lowest BCUT2D eigenvalue weighted by Crippen LogP contribution is -2.39. The molecule has 8 nitrogen and oxygen atoms in total. The summed E-state index contributed by atoms with van der Waals surface area (Å²) in [5.74, 6) is 0.485. The van der Waals surface area contributed by atoms with Crippen LogP contribution in [-0.2, 0) is 6.42 Å². The topological polar surface area (TPSA) is 89.9 Å². The van der Waals surface area contributed by atoms with Gasteiger partial charge in [-0.15, -0.1) is 5.10 Å². The van der Waals surface area contributed by atoms with Gasteiger partial charge in [-0.3, -0.25) is 4.79 Å². The zero-order valence-electron chi connectivity index (χ0n) is 15.8. The van der Waals surface area contributed by atoms with Crippen molar-refractivity contribution in [2.24, 2.45) is 0 Å². The van der Waals surface area contributed by atoms with Crippen LogP contribution in [0.5, 0.6) is 0 Å². The van der Waals surface area contributed by atoms with E-state index in [4.69, 9.17) is 4.52 Å². The van der Waals surface area contributed by atoms with Crippen molar-refractivity contribution in [2.75, 3.05) is 13.1 Å². The second-order valence-corrected chi connectivity index (χ2v) is 6.94. The number of carbonyl (C=O) groups excluding carboxylic acids is 1. The highest BCUT2D eigenvalue weighted by atomic mass is 19.1. The van der Waals surface area contributed by atoms with Crippen molar-refractivity contribution in [3.63, 3.8) is 0 Å². The number of benzene rings is 1. The lowest BCUT2D eigenvalue weighted by atomic mass is 10.0. The Kier molecular flexibility index (Phi) is 4.89. The molecule has 0 spiro atoms. The first-order valence-electron chi connectivity index (χ1n) is 9.35. The standard InChI is InChI=1S/C19H21FN6O2/c1-3-17-21-18(28-23-17)16-11-26(24-22-16)14-6-8-25(9-7-14)19(27)13-5-4-12(2)15(20)10-13/h4-5,10-11,14H,3,6-9H2,1-2H3. The Morgan fingerprint density at radius 1 is 1.32 bits per heavy atom. The molecular weight excluding hydrogens is 363 g/mol. The molecule has 1 fully saturated rings. The average Bonchev–Trinajstić information content (AvgIpc) is 3.39. The van der Waals surface area contributed by atoms with E-state index < -0.39 is 0 Å². The molecule has 1 saturated heterocycles. The van der Waals surface area contributed by atoms with Gasteiger partial charge in [-0.25, -0.2) is 9.07 Å². The third-order valence-electron chi connectivity index (χ3n) is 5.06. The largest absolute Gasteiger partial charge is 0.338 e. The SMILES string of the molecule is CCc1noc(-c2cn(C3CCN(C(=O)c4ccc(C)c(F)c4)CC3)nn2)n1. The van der Waals surface area contributed by atoms with Gasteiger partial charge in [0, 0.05) is 25.1 Å². The van der Waals surface area contributed by atoms with Crippen LogP contribution in [0.2, 0.25) is 0 Å². The Hall–Kier alpha value is -3.10. The molecule has 146 valence electrons. The molecule has 3 heterocycles. The maximum Gasteiger partial charge on any atom is 0.280 e. The minimum absolute atomic E-state index is 0.133. The van der Waals surface area contributed by atoms with Gasteiger partial charge in [0.05, 0.1) is 12.2 Å². The fourth-order valence-corrected chi connectivity index (χ4v) is 3.30. The zero-order chi connectivity index (χ0) is 19.7. The first-order chi connectivity index (χ1) is 13.5. The number of hydrogen-bond acceptors (Lipinski definition) is 6. The van der Waals surface area contributed by atoms with Crippen LogP contribution in [0.3, 0.4) is 0 Å². The maximum atomic E-state index is 13.8. The molecule has 1 amide bonds. The first-order valence-corrected chi connectivity index (χ1v) is 9.35. The van der Waals surface area contributed by atoms with Crippen LogP contribution in [0, 0.1) is 12.7 Å². The summed E-state index contributed by atoms with van der Waals surface area (Å²) in [5.41, 5.74) is 1.46. The molecule has 9 heteroatoms. The third-order valence-corrected chi connectivity index (χ3v) is 5.06. The van der Waals surface area contributed by atoms with Crippen LogP contribution in [-0.4, -0.2) is 49.0 Å². The van der Waals surface area contributed by atoms with Gasteiger partial charge in [0.25, 0.3) is 11.8 Å². The van der Waals surface area contributed by atoms with Crippen molar-refractivity contribution >= 4 is 5.91 Å². The van der Waals surface area contributed by atoms with Gasteiger partial charge in [0.2, 0.25) is 0 Å². The van der Waals surface area contributed by atoms with E-state index in [-0.39, 0.29) is 17.8 Å². The highest BCUT2D eigenvalue weighted by Gasteiger charge is 2.26. The predicted octanol–water partition coefficient (Wildman–Crippen LogP) is 2.82. The van der Waals surface area contributed by atoms with Crippen molar-refractivity contribution in [3.8, 4) is 11.6 Å². The van der Waals surface area contributed by atoms with Crippen LogP contribution in [0.15, 0.2) is 28.9 Å². The van der Waals surface area contributed by atoms with Gasteiger partial charge < -0.3 is 9.42 Å². The predicted molar refractivity (Wildman–Crippen MR) is 98.0 cm³/mol. The van der Waals surface area contributed by atoms with E-state index in [1.54, 1.807) is 34.8 Å². The monoisotopic (exact) mass is 384 g/mol. The van der Waals surface area contributed by atoms with Gasteiger partial charge in [-0.05, 0) is 37.5 Å². The van der Waals surface area contributed by atoms with Crippen LogP contribution in [0.4, 0.5) is 4.39 Å². The summed E-state index contributed by atoms with van der Waals surface area (Å²) < 4.78 is 20.7. The summed E-state index contributed by atoms with van der Waals surface area (Å²) in [6.07, 6.45) is 3.97. The molecular formula is C19H21FN6O2. The Balaban J connectivity index is 1.40. The molecule has 0 N–H and O–H groups in total. The van der Waals surface area contributed by atoms with Gasteiger partial charge >= 0.3 is 0 Å². The summed E-state index contributed by atoms with van der Waals surface area (Å²) >= 11 is 0. The molecule has 1 aliphatic rings. The molecule has 0 radical (unpaired) electrons. The van der Waals surface area contributed by atoms with Gasteiger partial charge in [-0.1, -0.05) is 23.4 Å². The smallest absolute Gasteiger partial charge is 0.280 e. The van der Waals surface area contributed by atoms with Crippen molar-refractivity contribution in [1.29, 1.82) is 0 Å². The third kappa shape index (κ3) is 3.51. The number of nitrogens with zero attached hydrogens (tertiary/aromatic N) is 6. The minimum Gasteiger partial charge on any atom is -0.338 e. The fourth-order valence-electron chi connectivity index (χ4n) is 3.30. The van der Waals surface area contributed by atoms with E-state index in [0.29, 0.717) is 48.0 Å². The van der Waals surface area contributed by atoms with Gasteiger partial charge in [0.15, 0.2) is 11.5 Å². The van der Waals surface area contributed by atoms with Crippen LogP contribution in [0.1, 0.15) is 47.6 Å². The van der Waals surface area contributed by atoms with Crippen molar-refractivity contribution < 1.29 is 13.7 Å². The lowest BCUT2D eigenvalue weighted by Gasteiger charge is -2.31. The zero-order valence-corrected chi connectivity index (χ0v) is 15.8. The number of likely N-dealkylation sites (tertiary alicyclic amines) is 1. The number of aromatic nitrogens is 5. The van der Waals surface area contributed by atoms with E-state index in [9.17, 15) is 9.18 Å². The number of piperidine rings is 1. The highest BCUT2D eigenvalue weighted by molar-refractivity contribution is 5.94. The Bertz CT molecular complexity index is 990. The summed E-state index contributed by atoms with van der Waals surface area (Å²) in [5, 5.41) is 12.2. The van der Waals surface area contributed by atoms with Crippen molar-refractivity contribution in [3.05, 3.63) is 47.2 Å². The Morgan fingerprint density at radius 3 is 2.79 bits per heavy atom. The second kappa shape index (κ2) is 7.49. The highest BCUT2D eigenvalue weighted by Crippen LogP contribution is 2.25. The van der Waals surface area contributed by atoms with Crippen LogP contribution >= 0.6 is 0 Å². The number of amides is 1. The lowest BCUT2D eigenvalue weighted by molar-refractivity contribution is 0.0688. The molecule has 1 aliphatic heterocycles. The number of hydrogen-bond donors (Lipinski definition) is 0. The first kappa shape index (κ1) is 18.3. The van der Waals surface area contributed by atoms with E-state index >= 15 is 0 Å². The second-order valence-electron chi connectivity index (χ2n) is 6.94. The Morgan fingerprint density at radius 2 is 2.11 bits per heavy atom. The number of halogens is 1. The molecule has 4 rings (SSSR count). The summed E-state index contributed by atoms with van der Waals surface area (Å²) in [6.45, 7) is 4.79. The summed E-state index contributed by atoms with van der Waals surface area (Å²) in [4.78, 5) is 18.6. The Labute approximate surface area is 161 Å². The van der Waals surface area contributed by atoms with Gasteiger partial charge in [-0.2, -0.15) is 4.98 Å². The van der Waals surface area contributed by atoms with Crippen molar-refractivity contribution in [1.82, 2.24) is 30.0 Å². The maximum absolute atomic E-state index is 13.8. The van der Waals surface area contributed by atoms with Crippen LogP contribution < -0.4 is 0 Å². The van der Waals surface area contributed by atoms with Gasteiger partial charge in [0.1, 0.15) is 5.82 Å². The molecule has 0 aliphatic carbocycles. The fraction of sp³-hybridized carbons (Fsp3) is 0.421. The molecule has 0 bridgehead atoms. The van der Waals surface area contributed by atoms with E-state index in [2.05, 4.69) is 20.5 Å². The number of rotatable bonds is 4. The van der Waals surface area contributed by atoms with Crippen LogP contribution in [0.25, 0.3) is 11.6 Å². The van der Waals surface area contributed by atoms with E-state index in [1.807, 2.05) is 6.92 Å². The molecule has 0 unspecified atom stereocenters. The van der Waals surface area contributed by atoms with E-state index in [1.165, 1.54) is 6.07 Å². The average molecular weight is 384 g/mol. The molecule has 0 atom stereocenters. The quantitative estimate of drug-likeness (QED) is 0.687. The summed E-state index contributed by atoms with van der Waals surface area (Å²) in [7, 11) is 0. The van der Waals surface area contributed by atoms with Crippen molar-refractivity contribution in [2.45, 2.75) is 39.2 Å². The molecule has 2 aromatic heterocycles. The molecule has 0 saturated carbocycles. The molecule has 28 heavy (non-hydrogen) atoms. The minimum atomic E-state index is -0.358. The molecule has 3 aromatic rings. The summed E-state index contributed by atoms with van der Waals surface area (Å²) in [6, 6.07) is 4.75. The van der Waals surface area contributed by atoms with E-state index in [0.717, 1.165) is 12.8 Å². The number of carbonyl (C=O) groups is 1. The normalized spacial score (nSPS) is 15.2. The number of aryl methyl sites for hydroxylation is 2.